The zero-order valence-corrected chi connectivity index (χ0v) is 40.8. The lowest BCUT2D eigenvalue weighted by atomic mass is 10.1. The normalized spacial score (nSPS) is 12.9. The lowest BCUT2D eigenvalue weighted by Crippen LogP contribution is -2.30. The first-order chi connectivity index (χ1) is 31.0. The van der Waals surface area contributed by atoms with Gasteiger partial charge in [0.15, 0.2) is 6.10 Å². The van der Waals surface area contributed by atoms with Crippen molar-refractivity contribution in [1.82, 2.24) is 0 Å². The second-order valence-corrected chi connectivity index (χ2v) is 16.7. The highest BCUT2D eigenvalue weighted by molar-refractivity contribution is 5.71. The first-order valence-corrected chi connectivity index (χ1v) is 25.7. The van der Waals surface area contributed by atoms with Gasteiger partial charge in [0, 0.05) is 19.3 Å². The molecule has 0 spiro atoms. The molecule has 0 aliphatic carbocycles. The molecule has 0 N–H and O–H groups in total. The minimum Gasteiger partial charge on any atom is -0.462 e. The number of hydrogen-bond acceptors (Lipinski definition) is 6. The Kier molecular flexibility index (Phi) is 48.0. The lowest BCUT2D eigenvalue weighted by Gasteiger charge is -2.18. The summed E-state index contributed by atoms with van der Waals surface area (Å²) in [6, 6.07) is 0. The van der Waals surface area contributed by atoms with Crippen LogP contribution in [0.15, 0.2) is 97.2 Å². The van der Waals surface area contributed by atoms with Gasteiger partial charge in [0.05, 0.1) is 0 Å². The zero-order valence-electron chi connectivity index (χ0n) is 40.8. The van der Waals surface area contributed by atoms with Gasteiger partial charge in [-0.1, -0.05) is 189 Å². The van der Waals surface area contributed by atoms with Crippen molar-refractivity contribution in [1.29, 1.82) is 0 Å². The third-order valence-electron chi connectivity index (χ3n) is 10.5. The molecule has 6 heteroatoms. The monoisotopic (exact) mass is 875 g/mol. The van der Waals surface area contributed by atoms with Crippen LogP contribution in [-0.4, -0.2) is 37.2 Å². The summed E-state index contributed by atoms with van der Waals surface area (Å²) in [5, 5.41) is 0. The third kappa shape index (κ3) is 49.2. The highest BCUT2D eigenvalue weighted by atomic mass is 16.6. The molecule has 0 rings (SSSR count). The second-order valence-electron chi connectivity index (χ2n) is 16.7. The van der Waals surface area contributed by atoms with Crippen LogP contribution < -0.4 is 0 Å². The number of carbonyl (C=O) groups excluding carboxylic acids is 3. The molecule has 0 aromatic heterocycles. The molecule has 358 valence electrons. The quantitative estimate of drug-likeness (QED) is 0.0262. The molecule has 0 amide bonds. The van der Waals surface area contributed by atoms with Crippen molar-refractivity contribution in [2.45, 2.75) is 232 Å². The van der Waals surface area contributed by atoms with Crippen LogP contribution in [0.2, 0.25) is 0 Å². The van der Waals surface area contributed by atoms with E-state index in [0.717, 1.165) is 128 Å². The number of hydrogen-bond donors (Lipinski definition) is 0. The van der Waals surface area contributed by atoms with Gasteiger partial charge in [0.25, 0.3) is 0 Å². The third-order valence-corrected chi connectivity index (χ3v) is 10.5. The minimum absolute atomic E-state index is 0.100. The zero-order chi connectivity index (χ0) is 45.8. The van der Waals surface area contributed by atoms with Crippen molar-refractivity contribution in [3.05, 3.63) is 97.2 Å². The molecule has 0 radical (unpaired) electrons. The van der Waals surface area contributed by atoms with E-state index in [1.54, 1.807) is 0 Å². The molecule has 6 nitrogen and oxygen atoms in total. The highest BCUT2D eigenvalue weighted by Gasteiger charge is 2.19. The number of carbonyl (C=O) groups is 3. The maximum Gasteiger partial charge on any atom is 0.306 e. The summed E-state index contributed by atoms with van der Waals surface area (Å²) in [6.07, 6.45) is 66.8. The van der Waals surface area contributed by atoms with Crippen molar-refractivity contribution in [3.63, 3.8) is 0 Å². The van der Waals surface area contributed by atoms with Crippen LogP contribution in [0.1, 0.15) is 226 Å². The number of allylic oxidation sites excluding steroid dienone is 16. The van der Waals surface area contributed by atoms with Gasteiger partial charge in [-0.2, -0.15) is 0 Å². The van der Waals surface area contributed by atoms with Crippen molar-refractivity contribution >= 4 is 17.9 Å². The highest BCUT2D eigenvalue weighted by Crippen LogP contribution is 2.13. The van der Waals surface area contributed by atoms with E-state index < -0.39 is 6.10 Å². The Morgan fingerprint density at radius 3 is 1.08 bits per heavy atom. The summed E-state index contributed by atoms with van der Waals surface area (Å²) in [7, 11) is 0. The van der Waals surface area contributed by atoms with Gasteiger partial charge < -0.3 is 14.2 Å². The lowest BCUT2D eigenvalue weighted by molar-refractivity contribution is -0.167. The standard InChI is InChI=1S/C57H94O6/c1-4-7-10-13-16-19-22-24-26-27-28-29-30-31-32-34-35-38-41-44-47-50-56(59)62-53-54(52-61-55(58)49-46-43-40-37-21-18-15-12-9-6-3)63-57(60)51-48-45-42-39-36-33-25-23-20-17-14-11-8-5-2/h7,10,12,15-16,19,23-26,28-29,31-32,35,38,54H,4-6,8-9,11,13-14,17-18,20-22,27,30,33-34,36-37,39-53H2,1-3H3/b10-7-,15-12-,19-16-,25-23-,26-24-,29-28-,32-31-,38-35-. The fourth-order valence-electron chi connectivity index (χ4n) is 6.68. The molecule has 63 heavy (non-hydrogen) atoms. The van der Waals surface area contributed by atoms with Crippen molar-refractivity contribution < 1.29 is 28.6 Å². The van der Waals surface area contributed by atoms with E-state index in [-0.39, 0.29) is 31.1 Å². The average molecular weight is 875 g/mol. The van der Waals surface area contributed by atoms with E-state index in [1.807, 2.05) is 0 Å². The summed E-state index contributed by atoms with van der Waals surface area (Å²) in [5.41, 5.74) is 0. The summed E-state index contributed by atoms with van der Waals surface area (Å²) < 4.78 is 16.7. The van der Waals surface area contributed by atoms with E-state index in [1.165, 1.54) is 57.8 Å². The molecule has 0 fully saturated rings. The molecule has 1 unspecified atom stereocenters. The minimum atomic E-state index is -0.802. The Hall–Kier alpha value is -3.67. The van der Waals surface area contributed by atoms with Crippen LogP contribution >= 0.6 is 0 Å². The molecular weight excluding hydrogens is 781 g/mol. The molecule has 0 bridgehead atoms. The Morgan fingerprint density at radius 1 is 0.333 bits per heavy atom. The maximum absolute atomic E-state index is 12.8. The number of unbranched alkanes of at least 4 members (excludes halogenated alkanes) is 18. The summed E-state index contributed by atoms with van der Waals surface area (Å²) in [6.45, 7) is 6.39. The Balaban J connectivity index is 4.44. The first-order valence-electron chi connectivity index (χ1n) is 25.7. The van der Waals surface area contributed by atoms with Crippen molar-refractivity contribution in [3.8, 4) is 0 Å². The average Bonchev–Trinajstić information content (AvgIpc) is 3.28. The number of ether oxygens (including phenoxy) is 3. The Labute approximate surface area is 387 Å². The van der Waals surface area contributed by atoms with Crippen LogP contribution in [0.25, 0.3) is 0 Å². The SMILES string of the molecule is CC/C=C\C/C=C\C/C=C\C/C=C\C/C=C\C/C=C\CCCCC(=O)OCC(COC(=O)CCCCCCC/C=C\CCC)OC(=O)CCCCCCC/C=C\CCCCCCC. The van der Waals surface area contributed by atoms with Crippen molar-refractivity contribution in [2.75, 3.05) is 13.2 Å². The Morgan fingerprint density at radius 2 is 0.651 bits per heavy atom. The fraction of sp³-hybridized carbons (Fsp3) is 0.667. The van der Waals surface area contributed by atoms with Crippen LogP contribution in [0.4, 0.5) is 0 Å². The molecule has 0 aromatic carbocycles. The van der Waals surface area contributed by atoms with Gasteiger partial charge in [0.1, 0.15) is 13.2 Å². The molecule has 0 aliphatic rings. The predicted octanol–water partition coefficient (Wildman–Crippen LogP) is 17.0. The predicted molar refractivity (Wildman–Crippen MR) is 270 cm³/mol. The Bertz CT molecular complexity index is 1280. The molecule has 1 atom stereocenters. The smallest absolute Gasteiger partial charge is 0.306 e. The van der Waals surface area contributed by atoms with E-state index in [9.17, 15) is 14.4 Å². The second kappa shape index (κ2) is 51.0. The summed E-state index contributed by atoms with van der Waals surface area (Å²) in [4.78, 5) is 37.9. The molecular formula is C57H94O6. The van der Waals surface area contributed by atoms with Crippen LogP contribution in [0.5, 0.6) is 0 Å². The maximum atomic E-state index is 12.8. The van der Waals surface area contributed by atoms with Gasteiger partial charge in [-0.05, 0) is 116 Å². The molecule has 0 saturated carbocycles. The van der Waals surface area contributed by atoms with Crippen LogP contribution in [-0.2, 0) is 28.6 Å². The molecule has 0 heterocycles. The van der Waals surface area contributed by atoms with Crippen LogP contribution in [0, 0.1) is 0 Å². The number of rotatable bonds is 45. The number of esters is 3. The van der Waals surface area contributed by atoms with E-state index >= 15 is 0 Å². The van der Waals surface area contributed by atoms with Gasteiger partial charge in [-0.15, -0.1) is 0 Å². The molecule has 0 saturated heterocycles. The fourth-order valence-corrected chi connectivity index (χ4v) is 6.68. The van der Waals surface area contributed by atoms with E-state index in [4.69, 9.17) is 14.2 Å². The van der Waals surface area contributed by atoms with E-state index in [0.29, 0.717) is 19.3 Å². The van der Waals surface area contributed by atoms with Gasteiger partial charge in [0.2, 0.25) is 0 Å². The molecule has 0 aliphatic heterocycles. The summed E-state index contributed by atoms with van der Waals surface area (Å²) in [5.74, 6) is -0.969. The first kappa shape index (κ1) is 59.3. The van der Waals surface area contributed by atoms with Crippen LogP contribution in [0.3, 0.4) is 0 Å². The summed E-state index contributed by atoms with van der Waals surface area (Å²) >= 11 is 0. The molecule has 0 aromatic rings. The van der Waals surface area contributed by atoms with Gasteiger partial charge in [-0.3, -0.25) is 14.4 Å². The van der Waals surface area contributed by atoms with E-state index in [2.05, 4.69) is 118 Å². The largest absolute Gasteiger partial charge is 0.462 e. The van der Waals surface area contributed by atoms with Gasteiger partial charge in [-0.25, -0.2) is 0 Å². The topological polar surface area (TPSA) is 78.9 Å². The van der Waals surface area contributed by atoms with Gasteiger partial charge >= 0.3 is 17.9 Å². The van der Waals surface area contributed by atoms with Crippen molar-refractivity contribution in [2.24, 2.45) is 0 Å².